The van der Waals surface area contributed by atoms with Crippen LogP contribution in [0.25, 0.3) is 0 Å². The van der Waals surface area contributed by atoms with Crippen molar-refractivity contribution in [3.63, 3.8) is 0 Å². The van der Waals surface area contributed by atoms with Crippen molar-refractivity contribution in [3.05, 3.63) is 35.9 Å². The molecule has 1 rings (SSSR count). The van der Waals surface area contributed by atoms with Gasteiger partial charge in [-0.1, -0.05) is 43.7 Å². The van der Waals surface area contributed by atoms with Gasteiger partial charge in [0.05, 0.1) is 0 Å². The van der Waals surface area contributed by atoms with Gasteiger partial charge >= 0.3 is 6.09 Å². The topological polar surface area (TPSA) is 38.3 Å². The van der Waals surface area contributed by atoms with E-state index in [4.69, 9.17) is 4.74 Å². The first-order valence-corrected chi connectivity index (χ1v) is 5.69. The van der Waals surface area contributed by atoms with Gasteiger partial charge in [-0.3, -0.25) is 0 Å². The zero-order valence-electron chi connectivity index (χ0n) is 9.90. The Balaban J connectivity index is 2.25. The van der Waals surface area contributed by atoms with E-state index >= 15 is 0 Å². The molecule has 1 amide bonds. The van der Waals surface area contributed by atoms with Crippen molar-refractivity contribution in [2.24, 2.45) is 0 Å². The lowest BCUT2D eigenvalue weighted by Crippen LogP contribution is -2.32. The van der Waals surface area contributed by atoms with Crippen molar-refractivity contribution in [1.82, 2.24) is 5.32 Å². The molecule has 3 heteroatoms. The van der Waals surface area contributed by atoms with E-state index in [0.717, 1.165) is 18.4 Å². The van der Waals surface area contributed by atoms with Gasteiger partial charge in [-0.25, -0.2) is 4.79 Å². The summed E-state index contributed by atoms with van der Waals surface area (Å²) >= 11 is 0. The van der Waals surface area contributed by atoms with E-state index in [1.807, 2.05) is 37.3 Å². The highest BCUT2D eigenvalue weighted by molar-refractivity contribution is 5.67. The Kier molecular flexibility index (Phi) is 5.40. The quantitative estimate of drug-likeness (QED) is 0.829. The Bertz CT molecular complexity index is 311. The van der Waals surface area contributed by atoms with Crippen molar-refractivity contribution in [3.8, 4) is 0 Å². The van der Waals surface area contributed by atoms with Gasteiger partial charge in [-0.05, 0) is 18.9 Å². The third-order valence-electron chi connectivity index (χ3n) is 2.30. The summed E-state index contributed by atoms with van der Waals surface area (Å²) in [6.07, 6.45) is 1.69. The molecule has 3 nitrogen and oxygen atoms in total. The highest BCUT2D eigenvalue weighted by Crippen LogP contribution is 2.01. The van der Waals surface area contributed by atoms with Crippen LogP contribution in [0.2, 0.25) is 0 Å². The molecule has 1 aromatic rings. The third-order valence-corrected chi connectivity index (χ3v) is 2.30. The summed E-state index contributed by atoms with van der Waals surface area (Å²) in [6.45, 7) is 4.40. The highest BCUT2D eigenvalue weighted by Gasteiger charge is 2.06. The summed E-state index contributed by atoms with van der Waals surface area (Å²) in [5.41, 5.74) is 1.00. The lowest BCUT2D eigenvalue weighted by Gasteiger charge is -2.12. The monoisotopic (exact) mass is 221 g/mol. The number of alkyl carbamates (subject to hydrolysis) is 1. The van der Waals surface area contributed by atoms with E-state index in [0.29, 0.717) is 6.61 Å². The number of carbonyl (C=O) groups excluding carboxylic acids is 1. The van der Waals surface area contributed by atoms with Gasteiger partial charge in [0.2, 0.25) is 0 Å². The minimum absolute atomic E-state index is 0.174. The molecule has 0 aliphatic heterocycles. The first kappa shape index (κ1) is 12.6. The molecule has 88 valence electrons. The Labute approximate surface area is 96.8 Å². The minimum Gasteiger partial charge on any atom is -0.445 e. The molecular formula is C13H19NO2. The van der Waals surface area contributed by atoms with Gasteiger partial charge in [-0.15, -0.1) is 0 Å². The van der Waals surface area contributed by atoms with Crippen LogP contribution in [0.4, 0.5) is 4.79 Å². The second kappa shape index (κ2) is 6.88. The summed E-state index contributed by atoms with van der Waals surface area (Å²) in [6, 6.07) is 9.83. The van der Waals surface area contributed by atoms with Crippen LogP contribution in [0.15, 0.2) is 30.3 Å². The lowest BCUT2D eigenvalue weighted by atomic mass is 10.2. The van der Waals surface area contributed by atoms with E-state index in [1.54, 1.807) is 0 Å². The summed E-state index contributed by atoms with van der Waals surface area (Å²) in [4.78, 5) is 11.4. The molecule has 0 heterocycles. The lowest BCUT2D eigenvalue weighted by molar-refractivity contribution is 0.136. The van der Waals surface area contributed by atoms with Crippen LogP contribution in [-0.2, 0) is 11.3 Å². The second-order valence-corrected chi connectivity index (χ2v) is 3.90. The molecule has 16 heavy (non-hydrogen) atoms. The van der Waals surface area contributed by atoms with Crippen molar-refractivity contribution in [1.29, 1.82) is 0 Å². The van der Waals surface area contributed by atoms with Crippen LogP contribution in [0, 0.1) is 0 Å². The van der Waals surface area contributed by atoms with E-state index in [2.05, 4.69) is 12.2 Å². The Morgan fingerprint density at radius 2 is 2.06 bits per heavy atom. The molecule has 0 fully saturated rings. The number of carbonyl (C=O) groups is 1. The molecule has 0 bridgehead atoms. The van der Waals surface area contributed by atoms with Crippen LogP contribution in [0.1, 0.15) is 32.3 Å². The number of benzene rings is 1. The SMILES string of the molecule is CCC[C@H](C)NC(=O)OCc1ccccc1. The first-order chi connectivity index (χ1) is 7.72. The largest absolute Gasteiger partial charge is 0.445 e. The number of hydrogen-bond acceptors (Lipinski definition) is 2. The van der Waals surface area contributed by atoms with Gasteiger partial charge in [0.15, 0.2) is 0 Å². The fourth-order valence-electron chi connectivity index (χ4n) is 1.47. The van der Waals surface area contributed by atoms with Crippen molar-refractivity contribution in [2.45, 2.75) is 39.3 Å². The molecule has 1 aromatic carbocycles. The number of nitrogens with one attached hydrogen (secondary N) is 1. The average molecular weight is 221 g/mol. The van der Waals surface area contributed by atoms with Crippen molar-refractivity contribution < 1.29 is 9.53 Å². The molecule has 0 unspecified atom stereocenters. The van der Waals surface area contributed by atoms with Crippen LogP contribution >= 0.6 is 0 Å². The maximum Gasteiger partial charge on any atom is 0.407 e. The molecule has 0 saturated heterocycles. The molecular weight excluding hydrogens is 202 g/mol. The second-order valence-electron chi connectivity index (χ2n) is 3.90. The third kappa shape index (κ3) is 4.82. The summed E-state index contributed by atoms with van der Waals surface area (Å²) < 4.78 is 5.10. The van der Waals surface area contributed by atoms with Gasteiger partial charge in [0.25, 0.3) is 0 Å². The number of ether oxygens (including phenoxy) is 1. The molecule has 0 aliphatic carbocycles. The average Bonchev–Trinajstić information content (AvgIpc) is 2.28. The van der Waals surface area contributed by atoms with E-state index in [1.165, 1.54) is 0 Å². The summed E-state index contributed by atoms with van der Waals surface area (Å²) in [5, 5.41) is 2.79. The number of hydrogen-bond donors (Lipinski definition) is 1. The number of rotatable bonds is 5. The molecule has 0 aromatic heterocycles. The predicted molar refractivity (Wildman–Crippen MR) is 64.1 cm³/mol. The first-order valence-electron chi connectivity index (χ1n) is 5.69. The van der Waals surface area contributed by atoms with Gasteiger partial charge in [-0.2, -0.15) is 0 Å². The van der Waals surface area contributed by atoms with Gasteiger partial charge < -0.3 is 10.1 Å². The fourth-order valence-corrected chi connectivity index (χ4v) is 1.47. The molecule has 0 spiro atoms. The molecule has 0 aliphatic rings. The van der Waals surface area contributed by atoms with Crippen molar-refractivity contribution in [2.75, 3.05) is 0 Å². The van der Waals surface area contributed by atoms with E-state index in [9.17, 15) is 4.79 Å². The Hall–Kier alpha value is -1.51. The van der Waals surface area contributed by atoms with E-state index < -0.39 is 0 Å². The zero-order chi connectivity index (χ0) is 11.8. The number of amides is 1. The molecule has 0 saturated carbocycles. The van der Waals surface area contributed by atoms with Gasteiger partial charge in [0.1, 0.15) is 6.61 Å². The molecule has 1 atom stereocenters. The predicted octanol–water partition coefficient (Wildman–Crippen LogP) is 3.10. The molecule has 1 N–H and O–H groups in total. The van der Waals surface area contributed by atoms with Crippen LogP contribution in [0.5, 0.6) is 0 Å². The Morgan fingerprint density at radius 1 is 1.38 bits per heavy atom. The zero-order valence-corrected chi connectivity index (χ0v) is 9.90. The van der Waals surface area contributed by atoms with E-state index in [-0.39, 0.29) is 12.1 Å². The Morgan fingerprint density at radius 3 is 2.69 bits per heavy atom. The summed E-state index contributed by atoms with van der Waals surface area (Å²) in [5.74, 6) is 0. The van der Waals surface area contributed by atoms with Crippen molar-refractivity contribution >= 4 is 6.09 Å². The summed E-state index contributed by atoms with van der Waals surface area (Å²) in [7, 11) is 0. The molecule has 0 radical (unpaired) electrons. The van der Waals surface area contributed by atoms with Crippen LogP contribution in [-0.4, -0.2) is 12.1 Å². The van der Waals surface area contributed by atoms with Crippen LogP contribution < -0.4 is 5.32 Å². The van der Waals surface area contributed by atoms with Gasteiger partial charge in [0, 0.05) is 6.04 Å². The maximum atomic E-state index is 11.4. The normalized spacial score (nSPS) is 11.9. The maximum absolute atomic E-state index is 11.4. The fraction of sp³-hybridized carbons (Fsp3) is 0.462. The smallest absolute Gasteiger partial charge is 0.407 e. The standard InChI is InChI=1S/C13H19NO2/c1-3-7-11(2)14-13(15)16-10-12-8-5-4-6-9-12/h4-6,8-9,11H,3,7,10H2,1-2H3,(H,14,15)/t11-/m0/s1. The highest BCUT2D eigenvalue weighted by atomic mass is 16.5. The minimum atomic E-state index is -0.343. The van der Waals surface area contributed by atoms with Crippen LogP contribution in [0.3, 0.4) is 0 Å².